The molecule has 0 fully saturated rings. The Labute approximate surface area is 128 Å². The number of hydrogen-bond acceptors (Lipinski definition) is 3. The van der Waals surface area contributed by atoms with Gasteiger partial charge in [-0.25, -0.2) is 17.9 Å². The second-order valence-electron chi connectivity index (χ2n) is 5.51. The largest absolute Gasteiger partial charge is 0.351 e. The van der Waals surface area contributed by atoms with Crippen molar-refractivity contribution < 1.29 is 17.6 Å². The van der Waals surface area contributed by atoms with Crippen LogP contribution in [0, 0.1) is 11.2 Å². The van der Waals surface area contributed by atoms with Gasteiger partial charge in [-0.05, 0) is 24.0 Å². The topological polar surface area (TPSA) is 89.3 Å². The minimum absolute atomic E-state index is 0.120. The predicted octanol–water partition coefficient (Wildman–Crippen LogP) is 2.29. The quantitative estimate of drug-likeness (QED) is 0.864. The van der Waals surface area contributed by atoms with Crippen molar-refractivity contribution in [1.82, 2.24) is 5.32 Å². The molecule has 0 saturated carbocycles. The van der Waals surface area contributed by atoms with Crippen LogP contribution in [0.15, 0.2) is 17.0 Å². The maximum Gasteiger partial charge on any atom is 0.252 e. The van der Waals surface area contributed by atoms with Gasteiger partial charge >= 0.3 is 0 Å². The number of nitrogens with one attached hydrogen (secondary N) is 1. The summed E-state index contributed by atoms with van der Waals surface area (Å²) in [5.74, 6) is -1.67. The number of primary sulfonamides is 1. The number of carbonyl (C=O) groups excluding carboxylic acids is 1. The van der Waals surface area contributed by atoms with Crippen molar-refractivity contribution in [2.75, 3.05) is 6.54 Å². The van der Waals surface area contributed by atoms with Crippen molar-refractivity contribution in [3.8, 4) is 0 Å². The van der Waals surface area contributed by atoms with Gasteiger partial charge in [0.1, 0.15) is 10.7 Å². The Balaban J connectivity index is 3.11. The summed E-state index contributed by atoms with van der Waals surface area (Å²) >= 11 is 5.79. The Morgan fingerprint density at radius 2 is 2.00 bits per heavy atom. The second-order valence-corrected chi connectivity index (χ2v) is 7.44. The van der Waals surface area contributed by atoms with Gasteiger partial charge in [0.05, 0.1) is 10.6 Å². The molecule has 0 aliphatic rings. The molecule has 21 heavy (non-hydrogen) atoms. The molecule has 0 spiro atoms. The average Bonchev–Trinajstić information content (AvgIpc) is 2.34. The highest BCUT2D eigenvalue weighted by molar-refractivity contribution is 7.89. The Morgan fingerprint density at radius 3 is 2.48 bits per heavy atom. The van der Waals surface area contributed by atoms with Gasteiger partial charge in [0.25, 0.3) is 5.91 Å². The van der Waals surface area contributed by atoms with E-state index in [4.69, 9.17) is 16.7 Å². The summed E-state index contributed by atoms with van der Waals surface area (Å²) in [4.78, 5) is 11.3. The first-order valence-corrected chi connectivity index (χ1v) is 8.20. The van der Waals surface area contributed by atoms with Gasteiger partial charge in [-0.15, -0.1) is 0 Å². The second kappa shape index (κ2) is 6.29. The van der Waals surface area contributed by atoms with E-state index in [1.807, 2.05) is 20.8 Å². The Hall–Kier alpha value is -1.18. The molecule has 0 radical (unpaired) electrons. The van der Waals surface area contributed by atoms with Crippen molar-refractivity contribution in [2.24, 2.45) is 10.6 Å². The number of benzene rings is 1. The van der Waals surface area contributed by atoms with E-state index in [2.05, 4.69) is 5.32 Å². The number of hydrogen-bond donors (Lipinski definition) is 2. The summed E-state index contributed by atoms with van der Waals surface area (Å²) in [6.45, 7) is 6.29. The summed E-state index contributed by atoms with van der Waals surface area (Å²) in [6, 6.07) is 1.61. The molecule has 5 nitrogen and oxygen atoms in total. The van der Waals surface area contributed by atoms with E-state index < -0.39 is 26.6 Å². The van der Waals surface area contributed by atoms with E-state index >= 15 is 0 Å². The maximum atomic E-state index is 13.5. The number of nitrogens with two attached hydrogens (primary N) is 1. The third kappa shape index (κ3) is 4.66. The third-order valence-electron chi connectivity index (χ3n) is 3.26. The molecule has 1 rings (SSSR count). The van der Waals surface area contributed by atoms with Gasteiger partial charge in [0.2, 0.25) is 10.0 Å². The van der Waals surface area contributed by atoms with Gasteiger partial charge in [-0.2, -0.15) is 0 Å². The molecule has 0 aromatic heterocycles. The standard InChI is InChI=1S/C13H18ClFN2O3S/c1-4-13(2,3)7-17-12(18)8-5-11(21(16,19)20)10(15)6-9(8)14/h5-6H,4,7H2,1-3H3,(H,17,18)(H2,16,19,20). The van der Waals surface area contributed by atoms with Crippen molar-refractivity contribution in [3.63, 3.8) is 0 Å². The normalized spacial score (nSPS) is 12.3. The van der Waals surface area contributed by atoms with Gasteiger partial charge in [-0.3, -0.25) is 4.79 Å². The summed E-state index contributed by atoms with van der Waals surface area (Å²) < 4.78 is 36.1. The van der Waals surface area contributed by atoms with Crippen LogP contribution in [-0.4, -0.2) is 20.9 Å². The summed E-state index contributed by atoms with van der Waals surface area (Å²) in [5.41, 5.74) is -0.251. The number of amides is 1. The molecular weight excluding hydrogens is 319 g/mol. The van der Waals surface area contributed by atoms with Gasteiger partial charge in [0, 0.05) is 6.54 Å². The van der Waals surface area contributed by atoms with Crippen LogP contribution in [0.1, 0.15) is 37.6 Å². The lowest BCUT2D eigenvalue weighted by Crippen LogP contribution is -2.34. The highest BCUT2D eigenvalue weighted by atomic mass is 35.5. The molecule has 0 aliphatic heterocycles. The zero-order valence-corrected chi connectivity index (χ0v) is 13.6. The molecule has 8 heteroatoms. The lowest BCUT2D eigenvalue weighted by atomic mass is 9.90. The van der Waals surface area contributed by atoms with Crippen LogP contribution in [-0.2, 0) is 10.0 Å². The van der Waals surface area contributed by atoms with E-state index in [-0.39, 0.29) is 16.0 Å². The first kappa shape index (κ1) is 17.9. The predicted molar refractivity (Wildman–Crippen MR) is 79.2 cm³/mol. The van der Waals surface area contributed by atoms with Crippen molar-refractivity contribution in [1.29, 1.82) is 0 Å². The average molecular weight is 337 g/mol. The highest BCUT2D eigenvalue weighted by Crippen LogP contribution is 2.24. The molecule has 0 atom stereocenters. The molecule has 0 heterocycles. The van der Waals surface area contributed by atoms with Crippen molar-refractivity contribution in [2.45, 2.75) is 32.1 Å². The molecule has 3 N–H and O–H groups in total. The number of carbonyl (C=O) groups is 1. The zero-order valence-electron chi connectivity index (χ0n) is 12.0. The first-order valence-electron chi connectivity index (χ1n) is 6.28. The van der Waals surface area contributed by atoms with Crippen molar-refractivity contribution in [3.05, 3.63) is 28.5 Å². The van der Waals surface area contributed by atoms with Crippen molar-refractivity contribution >= 4 is 27.5 Å². The zero-order chi connectivity index (χ0) is 16.4. The SMILES string of the molecule is CCC(C)(C)CNC(=O)c1cc(S(N)(=O)=O)c(F)cc1Cl. The van der Waals surface area contributed by atoms with Crippen LogP contribution in [0.2, 0.25) is 5.02 Å². The van der Waals surface area contributed by atoms with Crippen LogP contribution in [0.3, 0.4) is 0 Å². The van der Waals surface area contributed by atoms with Gasteiger partial charge in [-0.1, -0.05) is 32.4 Å². The number of sulfonamides is 1. The Kier molecular flexibility index (Phi) is 5.35. The fourth-order valence-electron chi connectivity index (χ4n) is 1.46. The summed E-state index contributed by atoms with van der Waals surface area (Å²) in [7, 11) is -4.27. The fourth-order valence-corrected chi connectivity index (χ4v) is 2.31. The number of halogens is 2. The molecule has 1 aromatic rings. The van der Waals surface area contributed by atoms with E-state index in [1.165, 1.54) is 0 Å². The molecule has 0 unspecified atom stereocenters. The van der Waals surface area contributed by atoms with Crippen LogP contribution >= 0.6 is 11.6 Å². The fraction of sp³-hybridized carbons (Fsp3) is 0.462. The van der Waals surface area contributed by atoms with Gasteiger partial charge in [0.15, 0.2) is 0 Å². The molecule has 0 bridgehead atoms. The van der Waals surface area contributed by atoms with E-state index in [0.717, 1.165) is 18.6 Å². The monoisotopic (exact) mass is 336 g/mol. The van der Waals surface area contributed by atoms with E-state index in [9.17, 15) is 17.6 Å². The van der Waals surface area contributed by atoms with Crippen LogP contribution < -0.4 is 10.5 Å². The molecule has 0 aliphatic carbocycles. The molecule has 1 aromatic carbocycles. The summed E-state index contributed by atoms with van der Waals surface area (Å²) in [5, 5.41) is 7.37. The number of rotatable bonds is 5. The Bertz CT molecular complexity index is 660. The lowest BCUT2D eigenvalue weighted by molar-refractivity contribution is 0.0935. The van der Waals surface area contributed by atoms with E-state index in [1.54, 1.807) is 0 Å². The van der Waals surface area contributed by atoms with Crippen LogP contribution in [0.25, 0.3) is 0 Å². The third-order valence-corrected chi connectivity index (χ3v) is 4.50. The van der Waals surface area contributed by atoms with E-state index in [0.29, 0.717) is 6.54 Å². The Morgan fingerprint density at radius 1 is 1.43 bits per heavy atom. The highest BCUT2D eigenvalue weighted by Gasteiger charge is 2.22. The molecule has 0 saturated heterocycles. The minimum Gasteiger partial charge on any atom is -0.351 e. The van der Waals surface area contributed by atoms with Crippen LogP contribution in [0.5, 0.6) is 0 Å². The summed E-state index contributed by atoms with van der Waals surface area (Å²) in [6.07, 6.45) is 0.840. The van der Waals surface area contributed by atoms with Gasteiger partial charge < -0.3 is 5.32 Å². The maximum absolute atomic E-state index is 13.5. The lowest BCUT2D eigenvalue weighted by Gasteiger charge is -2.23. The first-order chi connectivity index (χ1) is 9.48. The molecular formula is C13H18ClFN2O3S. The molecule has 1 amide bonds. The van der Waals surface area contributed by atoms with Crippen LogP contribution in [0.4, 0.5) is 4.39 Å². The minimum atomic E-state index is -4.27. The smallest absolute Gasteiger partial charge is 0.252 e. The molecule has 118 valence electrons.